The Kier molecular flexibility index (Phi) is 6.71. The van der Waals surface area contributed by atoms with Crippen LogP contribution in [0.25, 0.3) is 0 Å². The number of anilines is 1. The van der Waals surface area contributed by atoms with Gasteiger partial charge in [-0.05, 0) is 33.6 Å². The minimum Gasteiger partial charge on any atom is -0.381 e. The Hall–Kier alpha value is -1.36. The average molecular weight is 281 g/mol. The zero-order valence-corrected chi connectivity index (χ0v) is 13.1. The molecular formula is C15H27N3O2. The van der Waals surface area contributed by atoms with E-state index in [1.807, 2.05) is 20.8 Å². The van der Waals surface area contributed by atoms with Crippen LogP contribution in [0.4, 0.5) is 5.82 Å². The summed E-state index contributed by atoms with van der Waals surface area (Å²) in [7, 11) is 0. The second kappa shape index (κ2) is 8.04. The average Bonchev–Trinajstić information content (AvgIpc) is 2.38. The molecule has 1 aromatic heterocycles. The molecule has 0 aliphatic rings. The highest BCUT2D eigenvalue weighted by Gasteiger charge is 2.16. The van der Waals surface area contributed by atoms with E-state index in [4.69, 9.17) is 4.74 Å². The van der Waals surface area contributed by atoms with Crippen molar-refractivity contribution in [3.63, 3.8) is 0 Å². The minimum absolute atomic E-state index is 0.0769. The van der Waals surface area contributed by atoms with Gasteiger partial charge in [0.1, 0.15) is 0 Å². The molecule has 5 heteroatoms. The first kappa shape index (κ1) is 16.7. The molecule has 0 radical (unpaired) electrons. The maximum Gasteiger partial charge on any atom is 0.293 e. The summed E-state index contributed by atoms with van der Waals surface area (Å²) in [5.41, 5.74) is -0.313. The van der Waals surface area contributed by atoms with Crippen molar-refractivity contribution >= 4 is 5.82 Å². The van der Waals surface area contributed by atoms with Gasteiger partial charge in [0.25, 0.3) is 5.56 Å². The van der Waals surface area contributed by atoms with Crippen molar-refractivity contribution < 1.29 is 4.74 Å². The Morgan fingerprint density at radius 2 is 2.00 bits per heavy atom. The first-order chi connectivity index (χ1) is 9.46. The van der Waals surface area contributed by atoms with Gasteiger partial charge in [-0.25, -0.2) is 4.98 Å². The van der Waals surface area contributed by atoms with E-state index in [-0.39, 0.29) is 11.1 Å². The van der Waals surface area contributed by atoms with Gasteiger partial charge in [0.2, 0.25) is 0 Å². The molecule has 0 spiro atoms. The summed E-state index contributed by atoms with van der Waals surface area (Å²) >= 11 is 0. The lowest BCUT2D eigenvalue weighted by molar-refractivity contribution is 0.131. The van der Waals surface area contributed by atoms with Crippen molar-refractivity contribution in [1.29, 1.82) is 0 Å². The lowest BCUT2D eigenvalue weighted by Crippen LogP contribution is -2.35. The quantitative estimate of drug-likeness (QED) is 0.744. The van der Waals surface area contributed by atoms with Crippen LogP contribution in [0.1, 0.15) is 47.0 Å². The minimum atomic E-state index is -0.236. The summed E-state index contributed by atoms with van der Waals surface area (Å²) in [5, 5.41) is 3.09. The monoisotopic (exact) mass is 281 g/mol. The van der Waals surface area contributed by atoms with E-state index < -0.39 is 0 Å². The van der Waals surface area contributed by atoms with Gasteiger partial charge in [0, 0.05) is 37.7 Å². The molecule has 0 aliphatic heterocycles. The van der Waals surface area contributed by atoms with E-state index in [1.54, 1.807) is 17.0 Å². The highest BCUT2D eigenvalue weighted by molar-refractivity contribution is 5.30. The molecule has 0 saturated heterocycles. The Morgan fingerprint density at radius 3 is 2.65 bits per heavy atom. The van der Waals surface area contributed by atoms with E-state index in [1.165, 1.54) is 0 Å². The largest absolute Gasteiger partial charge is 0.381 e. The van der Waals surface area contributed by atoms with Gasteiger partial charge in [-0.1, -0.05) is 13.3 Å². The van der Waals surface area contributed by atoms with Gasteiger partial charge >= 0.3 is 0 Å². The number of aromatic nitrogens is 2. The molecule has 114 valence electrons. The standard InChI is InChI=1S/C15H27N3O2/c1-5-6-11-20-12-7-8-16-13-14(19)18(10-9-17-13)15(2,3)4/h9-10H,5-8,11-12H2,1-4H3,(H,16,17). The topological polar surface area (TPSA) is 56.1 Å². The molecule has 0 atom stereocenters. The normalized spacial score (nSPS) is 11.6. The van der Waals surface area contributed by atoms with Gasteiger partial charge in [-0.3, -0.25) is 4.79 Å². The molecular weight excluding hydrogens is 254 g/mol. The number of unbranched alkanes of at least 4 members (excludes halogenated alkanes) is 1. The van der Waals surface area contributed by atoms with Crippen molar-refractivity contribution in [1.82, 2.24) is 9.55 Å². The second-order valence-corrected chi connectivity index (χ2v) is 5.87. The van der Waals surface area contributed by atoms with E-state index in [0.29, 0.717) is 19.0 Å². The fraction of sp³-hybridized carbons (Fsp3) is 0.733. The Bertz CT molecular complexity index is 449. The van der Waals surface area contributed by atoms with Crippen LogP contribution < -0.4 is 10.9 Å². The van der Waals surface area contributed by atoms with Gasteiger partial charge in [-0.15, -0.1) is 0 Å². The molecule has 0 saturated carbocycles. The first-order valence-electron chi connectivity index (χ1n) is 7.36. The number of ether oxygens (including phenoxy) is 1. The fourth-order valence-corrected chi connectivity index (χ4v) is 1.79. The van der Waals surface area contributed by atoms with Crippen molar-refractivity contribution in [2.75, 3.05) is 25.1 Å². The predicted octanol–water partition coefficient (Wildman–Crippen LogP) is 2.62. The molecule has 20 heavy (non-hydrogen) atoms. The van der Waals surface area contributed by atoms with Crippen LogP contribution in [0.2, 0.25) is 0 Å². The van der Waals surface area contributed by atoms with Crippen molar-refractivity contribution in [2.45, 2.75) is 52.5 Å². The molecule has 0 aromatic carbocycles. The smallest absolute Gasteiger partial charge is 0.293 e. The zero-order valence-electron chi connectivity index (χ0n) is 13.1. The number of nitrogens with zero attached hydrogens (tertiary/aromatic N) is 2. The molecule has 0 aliphatic carbocycles. The highest BCUT2D eigenvalue weighted by Crippen LogP contribution is 2.10. The van der Waals surface area contributed by atoms with Crippen LogP contribution in [0.15, 0.2) is 17.2 Å². The van der Waals surface area contributed by atoms with Crippen molar-refractivity contribution in [2.24, 2.45) is 0 Å². The molecule has 0 fully saturated rings. The third-order valence-electron chi connectivity index (χ3n) is 2.96. The Balaban J connectivity index is 2.43. The maximum atomic E-state index is 12.2. The third kappa shape index (κ3) is 5.33. The molecule has 1 N–H and O–H groups in total. The Morgan fingerprint density at radius 1 is 1.30 bits per heavy atom. The molecule has 1 rings (SSSR count). The van der Waals surface area contributed by atoms with Crippen molar-refractivity contribution in [3.05, 3.63) is 22.7 Å². The molecule has 1 heterocycles. The van der Waals surface area contributed by atoms with E-state index in [9.17, 15) is 4.79 Å². The van der Waals surface area contributed by atoms with Gasteiger partial charge in [0.05, 0.1) is 0 Å². The van der Waals surface area contributed by atoms with Crippen LogP contribution in [-0.4, -0.2) is 29.3 Å². The summed E-state index contributed by atoms with van der Waals surface area (Å²) in [6.45, 7) is 10.4. The highest BCUT2D eigenvalue weighted by atomic mass is 16.5. The van der Waals surface area contributed by atoms with E-state index in [2.05, 4.69) is 17.2 Å². The van der Waals surface area contributed by atoms with Gasteiger partial charge < -0.3 is 14.6 Å². The van der Waals surface area contributed by atoms with Crippen LogP contribution in [-0.2, 0) is 10.3 Å². The summed E-state index contributed by atoms with van der Waals surface area (Å²) in [6, 6.07) is 0. The molecule has 0 amide bonds. The SMILES string of the molecule is CCCCOCCCNc1nccn(C(C)(C)C)c1=O. The van der Waals surface area contributed by atoms with Gasteiger partial charge in [0.15, 0.2) is 5.82 Å². The summed E-state index contributed by atoms with van der Waals surface area (Å²) in [6.07, 6.45) is 6.51. The van der Waals surface area contributed by atoms with Crippen LogP contribution in [0, 0.1) is 0 Å². The first-order valence-corrected chi connectivity index (χ1v) is 7.36. The molecule has 0 bridgehead atoms. The van der Waals surface area contributed by atoms with Crippen molar-refractivity contribution in [3.8, 4) is 0 Å². The number of hydrogen-bond acceptors (Lipinski definition) is 4. The van der Waals surface area contributed by atoms with Crippen LogP contribution >= 0.6 is 0 Å². The van der Waals surface area contributed by atoms with Gasteiger partial charge in [-0.2, -0.15) is 0 Å². The fourth-order valence-electron chi connectivity index (χ4n) is 1.79. The summed E-state index contributed by atoms with van der Waals surface area (Å²) < 4.78 is 7.17. The summed E-state index contributed by atoms with van der Waals surface area (Å²) in [4.78, 5) is 16.3. The predicted molar refractivity (Wildman–Crippen MR) is 82.3 cm³/mol. The lowest BCUT2D eigenvalue weighted by atomic mass is 10.1. The van der Waals surface area contributed by atoms with Crippen LogP contribution in [0.3, 0.4) is 0 Å². The van der Waals surface area contributed by atoms with E-state index in [0.717, 1.165) is 25.9 Å². The Labute approximate surface area is 121 Å². The van der Waals surface area contributed by atoms with Crippen LogP contribution in [0.5, 0.6) is 0 Å². The summed E-state index contributed by atoms with van der Waals surface area (Å²) in [5.74, 6) is 0.413. The third-order valence-corrected chi connectivity index (χ3v) is 2.96. The zero-order chi connectivity index (χ0) is 15.0. The lowest BCUT2D eigenvalue weighted by Gasteiger charge is -2.22. The molecule has 1 aromatic rings. The number of hydrogen-bond donors (Lipinski definition) is 1. The second-order valence-electron chi connectivity index (χ2n) is 5.87. The number of nitrogens with one attached hydrogen (secondary N) is 1. The maximum absolute atomic E-state index is 12.2. The molecule has 5 nitrogen and oxygen atoms in total. The molecule has 0 unspecified atom stereocenters. The number of rotatable bonds is 8. The van der Waals surface area contributed by atoms with E-state index >= 15 is 0 Å².